The van der Waals surface area contributed by atoms with Crippen molar-refractivity contribution >= 4 is 10.1 Å². The Morgan fingerprint density at radius 1 is 0.950 bits per heavy atom. The summed E-state index contributed by atoms with van der Waals surface area (Å²) in [6, 6.07) is 13.9. The van der Waals surface area contributed by atoms with Crippen molar-refractivity contribution in [2.75, 3.05) is 0 Å². The van der Waals surface area contributed by atoms with Gasteiger partial charge >= 0.3 is 10.1 Å². The molecule has 2 aromatic carbocycles. The minimum atomic E-state index is -3.78. The highest BCUT2D eigenvalue weighted by atomic mass is 32.2. The predicted octanol–water partition coefficient (Wildman–Crippen LogP) is 3.89. The third-order valence-electron chi connectivity index (χ3n) is 3.13. The van der Waals surface area contributed by atoms with Crippen molar-refractivity contribution in [2.45, 2.75) is 31.6 Å². The van der Waals surface area contributed by atoms with Crippen molar-refractivity contribution in [1.82, 2.24) is 0 Å². The molecule has 0 heterocycles. The fourth-order valence-electron chi connectivity index (χ4n) is 1.84. The Balaban J connectivity index is 2.29. The molecule has 3 nitrogen and oxygen atoms in total. The zero-order valence-electron chi connectivity index (χ0n) is 11.8. The maximum atomic E-state index is 12.2. The van der Waals surface area contributed by atoms with E-state index in [9.17, 15) is 8.42 Å². The molecule has 0 unspecified atom stereocenters. The second-order valence-electron chi connectivity index (χ2n) is 5.03. The molecule has 0 radical (unpaired) electrons. The monoisotopic (exact) mass is 290 g/mol. The van der Waals surface area contributed by atoms with Crippen LogP contribution >= 0.6 is 0 Å². The van der Waals surface area contributed by atoms with Gasteiger partial charge in [0.1, 0.15) is 10.6 Å². The summed E-state index contributed by atoms with van der Waals surface area (Å²) in [5.41, 5.74) is 1.88. The molecule has 0 aromatic heterocycles. The largest absolute Gasteiger partial charge is 0.379 e. The van der Waals surface area contributed by atoms with Crippen molar-refractivity contribution in [3.8, 4) is 5.75 Å². The molecule has 0 N–H and O–H groups in total. The molecule has 0 aliphatic carbocycles. The van der Waals surface area contributed by atoms with Gasteiger partial charge in [-0.25, -0.2) is 0 Å². The standard InChI is InChI=1S/C16H18O3S/c1-12(2)14-8-10-15(11-9-14)20(17,18)19-16-7-5-4-6-13(16)3/h4-12H,1-3H3. The van der Waals surface area contributed by atoms with Crippen LogP contribution in [0, 0.1) is 6.92 Å². The summed E-state index contributed by atoms with van der Waals surface area (Å²) in [4.78, 5) is 0.171. The van der Waals surface area contributed by atoms with Gasteiger partial charge in [0.2, 0.25) is 0 Å². The van der Waals surface area contributed by atoms with Crippen LogP contribution in [0.25, 0.3) is 0 Å². The van der Waals surface area contributed by atoms with Crippen LogP contribution in [-0.4, -0.2) is 8.42 Å². The van der Waals surface area contributed by atoms with Gasteiger partial charge in [-0.2, -0.15) is 8.42 Å². The van der Waals surface area contributed by atoms with Gasteiger partial charge in [0.05, 0.1) is 0 Å². The highest BCUT2D eigenvalue weighted by Gasteiger charge is 2.17. The van der Waals surface area contributed by atoms with E-state index in [1.165, 1.54) is 0 Å². The van der Waals surface area contributed by atoms with Gasteiger partial charge in [-0.1, -0.05) is 44.2 Å². The Morgan fingerprint density at radius 2 is 1.55 bits per heavy atom. The van der Waals surface area contributed by atoms with E-state index in [1.807, 2.05) is 31.2 Å². The number of para-hydroxylation sites is 1. The first kappa shape index (κ1) is 14.6. The van der Waals surface area contributed by atoms with E-state index in [1.54, 1.807) is 24.3 Å². The second-order valence-corrected chi connectivity index (χ2v) is 6.57. The average Bonchev–Trinajstić information content (AvgIpc) is 2.41. The lowest BCUT2D eigenvalue weighted by Gasteiger charge is -2.10. The van der Waals surface area contributed by atoms with E-state index >= 15 is 0 Å². The fourth-order valence-corrected chi connectivity index (χ4v) is 2.82. The first-order chi connectivity index (χ1) is 9.40. The summed E-state index contributed by atoms with van der Waals surface area (Å²) in [6.07, 6.45) is 0. The van der Waals surface area contributed by atoms with Gasteiger partial charge in [-0.15, -0.1) is 0 Å². The first-order valence-electron chi connectivity index (χ1n) is 6.50. The molecule has 2 aromatic rings. The number of hydrogen-bond donors (Lipinski definition) is 0. The van der Waals surface area contributed by atoms with Crippen LogP contribution in [0.2, 0.25) is 0 Å². The maximum Gasteiger partial charge on any atom is 0.339 e. The van der Waals surface area contributed by atoms with Crippen molar-refractivity contribution in [3.05, 3.63) is 59.7 Å². The van der Waals surface area contributed by atoms with Crippen LogP contribution in [0.3, 0.4) is 0 Å². The molecule has 0 bridgehead atoms. The van der Waals surface area contributed by atoms with Gasteiger partial charge in [0.25, 0.3) is 0 Å². The first-order valence-corrected chi connectivity index (χ1v) is 7.91. The van der Waals surface area contributed by atoms with Gasteiger partial charge in [-0.05, 0) is 42.2 Å². The average molecular weight is 290 g/mol. The number of rotatable bonds is 4. The van der Waals surface area contributed by atoms with Gasteiger partial charge < -0.3 is 4.18 Å². The van der Waals surface area contributed by atoms with Crippen molar-refractivity contribution in [1.29, 1.82) is 0 Å². The molecule has 0 fully saturated rings. The van der Waals surface area contributed by atoms with Crippen LogP contribution in [0.5, 0.6) is 5.75 Å². The van der Waals surface area contributed by atoms with E-state index in [2.05, 4.69) is 13.8 Å². The third kappa shape index (κ3) is 3.20. The van der Waals surface area contributed by atoms with E-state index < -0.39 is 10.1 Å². The van der Waals surface area contributed by atoms with Crippen LogP contribution in [0.1, 0.15) is 30.9 Å². The lowest BCUT2D eigenvalue weighted by Crippen LogP contribution is -2.10. The summed E-state index contributed by atoms with van der Waals surface area (Å²) < 4.78 is 29.6. The lowest BCUT2D eigenvalue weighted by molar-refractivity contribution is 0.484. The van der Waals surface area contributed by atoms with Crippen LogP contribution in [0.15, 0.2) is 53.4 Å². The molecule has 0 saturated carbocycles. The van der Waals surface area contributed by atoms with Crippen molar-refractivity contribution < 1.29 is 12.6 Å². The normalized spacial score (nSPS) is 11.6. The highest BCUT2D eigenvalue weighted by Crippen LogP contribution is 2.23. The summed E-state index contributed by atoms with van der Waals surface area (Å²) in [7, 11) is -3.78. The molecule has 0 saturated heterocycles. The summed E-state index contributed by atoms with van der Waals surface area (Å²) in [5, 5.41) is 0. The quantitative estimate of drug-likeness (QED) is 0.802. The molecule has 20 heavy (non-hydrogen) atoms. The third-order valence-corrected chi connectivity index (χ3v) is 4.38. The molecule has 0 amide bonds. The van der Waals surface area contributed by atoms with Crippen LogP contribution in [0.4, 0.5) is 0 Å². The molecule has 0 spiro atoms. The highest BCUT2D eigenvalue weighted by molar-refractivity contribution is 7.87. The Kier molecular flexibility index (Phi) is 4.14. The number of benzene rings is 2. The fraction of sp³-hybridized carbons (Fsp3) is 0.250. The van der Waals surface area contributed by atoms with E-state index in [0.29, 0.717) is 11.7 Å². The second kappa shape index (κ2) is 5.67. The SMILES string of the molecule is Cc1ccccc1OS(=O)(=O)c1ccc(C(C)C)cc1. The molecule has 0 aliphatic rings. The summed E-state index contributed by atoms with van der Waals surface area (Å²) >= 11 is 0. The minimum Gasteiger partial charge on any atom is -0.379 e. The van der Waals surface area contributed by atoms with Gasteiger partial charge in [0, 0.05) is 0 Å². The molecule has 0 aliphatic heterocycles. The maximum absolute atomic E-state index is 12.2. The topological polar surface area (TPSA) is 43.4 Å². The van der Waals surface area contributed by atoms with Crippen LogP contribution in [-0.2, 0) is 10.1 Å². The lowest BCUT2D eigenvalue weighted by atomic mass is 10.0. The minimum absolute atomic E-state index is 0.171. The zero-order valence-corrected chi connectivity index (χ0v) is 12.6. The molecule has 2 rings (SSSR count). The Labute approximate surface area is 120 Å². The number of hydrogen-bond acceptors (Lipinski definition) is 3. The van der Waals surface area contributed by atoms with Gasteiger partial charge in [-0.3, -0.25) is 0 Å². The molecule has 0 atom stereocenters. The summed E-state index contributed by atoms with van der Waals surface area (Å²) in [5.74, 6) is 0.726. The van der Waals surface area contributed by atoms with E-state index in [4.69, 9.17) is 4.18 Å². The van der Waals surface area contributed by atoms with E-state index in [0.717, 1.165) is 11.1 Å². The van der Waals surface area contributed by atoms with Crippen molar-refractivity contribution in [3.63, 3.8) is 0 Å². The summed E-state index contributed by atoms with van der Waals surface area (Å²) in [6.45, 7) is 5.94. The van der Waals surface area contributed by atoms with Crippen LogP contribution < -0.4 is 4.18 Å². The molecular formula is C16H18O3S. The Morgan fingerprint density at radius 3 is 2.10 bits per heavy atom. The van der Waals surface area contributed by atoms with E-state index in [-0.39, 0.29) is 4.90 Å². The predicted molar refractivity (Wildman–Crippen MR) is 79.5 cm³/mol. The van der Waals surface area contributed by atoms with Crippen molar-refractivity contribution in [2.24, 2.45) is 0 Å². The zero-order chi connectivity index (χ0) is 14.8. The van der Waals surface area contributed by atoms with Gasteiger partial charge in [0.15, 0.2) is 0 Å². The molecule has 106 valence electrons. The Hall–Kier alpha value is -1.81. The molecule has 4 heteroatoms. The molecular weight excluding hydrogens is 272 g/mol. The Bertz CT molecular complexity index is 686. The smallest absolute Gasteiger partial charge is 0.339 e. The number of aryl methyl sites for hydroxylation is 1.